The van der Waals surface area contributed by atoms with E-state index in [1.165, 1.54) is 21.6 Å². The van der Waals surface area contributed by atoms with E-state index >= 15 is 0 Å². The van der Waals surface area contributed by atoms with Gasteiger partial charge < -0.3 is 10.6 Å². The lowest BCUT2D eigenvalue weighted by Gasteiger charge is -2.06. The minimum absolute atomic E-state index is 0.181. The van der Waals surface area contributed by atoms with Crippen molar-refractivity contribution in [1.82, 2.24) is 45.4 Å². The van der Waals surface area contributed by atoms with Crippen LogP contribution in [0, 0.1) is 0 Å². The molecule has 0 aliphatic rings. The largest absolute Gasteiger partial charge is 0.355 e. The highest BCUT2D eigenvalue weighted by Gasteiger charge is 2.12. The minimum Gasteiger partial charge on any atom is -0.355 e. The van der Waals surface area contributed by atoms with Crippen LogP contribution in [0.1, 0.15) is 26.3 Å². The molecule has 0 saturated carbocycles. The zero-order chi connectivity index (χ0) is 19.5. The molecule has 0 fully saturated rings. The number of hydrogen-bond acceptors (Lipinski definition) is 7. The summed E-state index contributed by atoms with van der Waals surface area (Å²) in [6.07, 6.45) is 6.07. The van der Waals surface area contributed by atoms with Crippen molar-refractivity contribution in [3.63, 3.8) is 0 Å². The van der Waals surface area contributed by atoms with E-state index in [0.717, 1.165) is 5.56 Å². The lowest BCUT2D eigenvalue weighted by atomic mass is 10.1. The second kappa shape index (κ2) is 7.23. The van der Waals surface area contributed by atoms with E-state index in [1.807, 2.05) is 6.07 Å². The van der Waals surface area contributed by atoms with Gasteiger partial charge in [-0.25, -0.2) is 4.68 Å². The fourth-order valence-corrected chi connectivity index (χ4v) is 2.64. The lowest BCUT2D eigenvalue weighted by Crippen LogP contribution is -2.23. The van der Waals surface area contributed by atoms with Gasteiger partial charge in [0, 0.05) is 25.4 Å². The van der Waals surface area contributed by atoms with Crippen LogP contribution in [0.15, 0.2) is 49.1 Å². The number of hydrogen-bond donors (Lipinski definition) is 2. The molecule has 0 unspecified atom stereocenters. The van der Waals surface area contributed by atoms with Gasteiger partial charge in [0.2, 0.25) is 0 Å². The Morgan fingerprint density at radius 2 is 2.00 bits per heavy atom. The van der Waals surface area contributed by atoms with E-state index in [4.69, 9.17) is 0 Å². The van der Waals surface area contributed by atoms with Crippen molar-refractivity contribution in [3.05, 3.63) is 65.7 Å². The Balaban J connectivity index is 1.48. The molecule has 2 N–H and O–H groups in total. The molecule has 3 aromatic heterocycles. The highest BCUT2D eigenvalue weighted by atomic mass is 16.2. The lowest BCUT2D eigenvalue weighted by molar-refractivity contribution is 0.0948. The zero-order valence-corrected chi connectivity index (χ0v) is 14.8. The van der Waals surface area contributed by atoms with Crippen molar-refractivity contribution in [3.8, 4) is 5.82 Å². The van der Waals surface area contributed by atoms with Gasteiger partial charge in [0.15, 0.2) is 11.5 Å². The summed E-state index contributed by atoms with van der Waals surface area (Å²) in [7, 11) is 1.57. The molecule has 0 spiro atoms. The Bertz CT molecular complexity index is 1160. The third kappa shape index (κ3) is 3.28. The molecule has 0 atom stereocenters. The maximum Gasteiger partial charge on any atom is 0.254 e. The molecule has 0 aliphatic heterocycles. The number of fused-ring (bicyclic) bond motifs is 1. The quantitative estimate of drug-likeness (QED) is 0.500. The summed E-state index contributed by atoms with van der Waals surface area (Å²) in [5.41, 5.74) is 2.18. The monoisotopic (exact) mass is 377 g/mol. The smallest absolute Gasteiger partial charge is 0.254 e. The summed E-state index contributed by atoms with van der Waals surface area (Å²) >= 11 is 0. The fraction of sp³-hybridized carbons (Fsp3) is 0.118. The SMILES string of the molecule is CNC(=O)c1cccc(CNC(=O)c2cnn(-c3cncc4nnnn34)c2)c1. The molecule has 0 radical (unpaired) electrons. The van der Waals surface area contributed by atoms with Crippen LogP contribution in [0.3, 0.4) is 0 Å². The number of nitrogens with one attached hydrogen (secondary N) is 2. The summed E-state index contributed by atoms with van der Waals surface area (Å²) in [5.74, 6) is 0.0214. The summed E-state index contributed by atoms with van der Waals surface area (Å²) < 4.78 is 2.93. The Labute approximate surface area is 158 Å². The number of benzene rings is 1. The number of nitrogens with zero attached hydrogens (tertiary/aromatic N) is 7. The van der Waals surface area contributed by atoms with Crippen LogP contribution in [0.5, 0.6) is 0 Å². The van der Waals surface area contributed by atoms with Gasteiger partial charge in [0.05, 0.1) is 24.2 Å². The average molecular weight is 377 g/mol. The topological polar surface area (TPSA) is 132 Å². The molecule has 4 aromatic rings. The van der Waals surface area contributed by atoms with E-state index in [0.29, 0.717) is 22.6 Å². The second-order valence-corrected chi connectivity index (χ2v) is 5.85. The Hall–Kier alpha value is -4.15. The first kappa shape index (κ1) is 17.3. The maximum absolute atomic E-state index is 12.4. The van der Waals surface area contributed by atoms with Crippen LogP contribution in [-0.4, -0.2) is 53.7 Å². The van der Waals surface area contributed by atoms with E-state index in [-0.39, 0.29) is 18.4 Å². The molecule has 0 aliphatic carbocycles. The summed E-state index contributed by atoms with van der Waals surface area (Å²) in [4.78, 5) is 28.2. The van der Waals surface area contributed by atoms with Gasteiger partial charge >= 0.3 is 0 Å². The maximum atomic E-state index is 12.4. The van der Waals surface area contributed by atoms with Gasteiger partial charge in [-0.3, -0.25) is 14.6 Å². The van der Waals surface area contributed by atoms with Gasteiger partial charge in [-0.05, 0) is 28.1 Å². The van der Waals surface area contributed by atoms with Crippen molar-refractivity contribution in [2.24, 2.45) is 0 Å². The third-order valence-corrected chi connectivity index (χ3v) is 4.04. The van der Waals surface area contributed by atoms with Crippen molar-refractivity contribution in [1.29, 1.82) is 0 Å². The van der Waals surface area contributed by atoms with Crippen LogP contribution in [0.4, 0.5) is 0 Å². The van der Waals surface area contributed by atoms with Crippen LogP contribution in [0.25, 0.3) is 11.5 Å². The van der Waals surface area contributed by atoms with Gasteiger partial charge in [-0.15, -0.1) is 5.10 Å². The zero-order valence-electron chi connectivity index (χ0n) is 14.8. The van der Waals surface area contributed by atoms with Crippen LogP contribution in [0.2, 0.25) is 0 Å². The molecule has 4 rings (SSSR count). The molecule has 3 heterocycles. The van der Waals surface area contributed by atoms with Crippen LogP contribution in [-0.2, 0) is 6.54 Å². The first-order valence-electron chi connectivity index (χ1n) is 8.32. The molecule has 0 bridgehead atoms. The van der Waals surface area contributed by atoms with Crippen molar-refractivity contribution >= 4 is 17.5 Å². The minimum atomic E-state index is -0.298. The molecule has 11 heteroatoms. The molecule has 11 nitrogen and oxygen atoms in total. The number of carbonyl (C=O) groups excluding carboxylic acids is 2. The Kier molecular flexibility index (Phi) is 4.46. The molecule has 2 amide bonds. The van der Waals surface area contributed by atoms with E-state index in [1.54, 1.807) is 37.6 Å². The first-order valence-corrected chi connectivity index (χ1v) is 8.32. The Morgan fingerprint density at radius 3 is 2.86 bits per heavy atom. The Morgan fingerprint density at radius 1 is 1.11 bits per heavy atom. The second-order valence-electron chi connectivity index (χ2n) is 5.85. The van der Waals surface area contributed by atoms with Gasteiger partial charge in [0.1, 0.15) is 0 Å². The highest BCUT2D eigenvalue weighted by Crippen LogP contribution is 2.09. The van der Waals surface area contributed by atoms with Gasteiger partial charge in [0.25, 0.3) is 11.8 Å². The third-order valence-electron chi connectivity index (χ3n) is 4.04. The van der Waals surface area contributed by atoms with Crippen molar-refractivity contribution in [2.45, 2.75) is 6.54 Å². The molecular formula is C17H15N9O2. The number of amides is 2. The van der Waals surface area contributed by atoms with Crippen LogP contribution < -0.4 is 10.6 Å². The standard InChI is InChI=1S/C17H15N9O2/c1-18-16(27)12-4-2-3-11(5-12)6-20-17(28)13-7-21-25(10-13)15-9-19-8-14-22-23-24-26(14)15/h2-5,7-10H,6H2,1H3,(H,18,27)(H,20,28). The summed E-state index contributed by atoms with van der Waals surface area (Å²) in [6.45, 7) is 0.277. The molecule has 0 saturated heterocycles. The molecule has 140 valence electrons. The van der Waals surface area contributed by atoms with Crippen molar-refractivity contribution < 1.29 is 9.59 Å². The fourth-order valence-electron chi connectivity index (χ4n) is 2.64. The summed E-state index contributed by atoms with van der Waals surface area (Å²) in [6, 6.07) is 7.04. The molecule has 1 aromatic carbocycles. The molecular weight excluding hydrogens is 362 g/mol. The van der Waals surface area contributed by atoms with Gasteiger partial charge in [-0.2, -0.15) is 9.61 Å². The van der Waals surface area contributed by atoms with E-state index < -0.39 is 0 Å². The number of tetrazole rings is 1. The number of carbonyl (C=O) groups is 2. The number of rotatable bonds is 5. The first-order chi connectivity index (χ1) is 13.7. The predicted octanol–water partition coefficient (Wildman–Crippen LogP) is -0.00540. The highest BCUT2D eigenvalue weighted by molar-refractivity contribution is 5.94. The predicted molar refractivity (Wildman–Crippen MR) is 96.7 cm³/mol. The normalized spacial score (nSPS) is 10.8. The van der Waals surface area contributed by atoms with Gasteiger partial charge in [-0.1, -0.05) is 12.1 Å². The molecule has 28 heavy (non-hydrogen) atoms. The van der Waals surface area contributed by atoms with E-state index in [9.17, 15) is 9.59 Å². The van der Waals surface area contributed by atoms with E-state index in [2.05, 4.69) is 36.2 Å². The van der Waals surface area contributed by atoms with Crippen LogP contribution >= 0.6 is 0 Å². The average Bonchev–Trinajstić information content (AvgIpc) is 3.41. The van der Waals surface area contributed by atoms with Crippen molar-refractivity contribution in [2.75, 3.05) is 7.05 Å². The summed E-state index contributed by atoms with van der Waals surface area (Å²) in [5, 5.41) is 20.9. The number of aromatic nitrogens is 7.